The summed E-state index contributed by atoms with van der Waals surface area (Å²) in [7, 11) is 1.54. The average molecular weight is 489 g/mol. The van der Waals surface area contributed by atoms with E-state index in [4.69, 9.17) is 21.1 Å². The SMILES string of the molecule is COCCCOc1cc2c(cc1Cl)-c1cc(=O)c(C(=O)O)cn1C(C(C)C)N2CC(F)(F)F. The number of ether oxygens (including phenoxy) is 2. The summed E-state index contributed by atoms with van der Waals surface area (Å²) >= 11 is 6.36. The number of pyridine rings is 1. The number of aromatic nitrogens is 1. The highest BCUT2D eigenvalue weighted by molar-refractivity contribution is 6.32. The third-order valence-electron chi connectivity index (χ3n) is 5.25. The largest absolute Gasteiger partial charge is 0.492 e. The van der Waals surface area contributed by atoms with E-state index in [0.29, 0.717) is 13.0 Å². The number of anilines is 1. The van der Waals surface area contributed by atoms with Crippen LogP contribution in [0.1, 0.15) is 36.8 Å². The van der Waals surface area contributed by atoms with Gasteiger partial charge in [0.15, 0.2) is 5.43 Å². The lowest BCUT2D eigenvalue weighted by Gasteiger charge is -2.44. The Labute approximate surface area is 193 Å². The minimum absolute atomic E-state index is 0.155. The van der Waals surface area contributed by atoms with E-state index in [2.05, 4.69) is 0 Å². The number of halogens is 4. The van der Waals surface area contributed by atoms with Crippen LogP contribution < -0.4 is 15.1 Å². The standard InChI is InChI=1S/C22H24ClF3N2O5/c1-12(2)20-27-10-14(21(30)31)18(29)8-16(27)13-7-15(23)19(33-6-4-5-32-3)9-17(13)28(20)11-22(24,25)26/h7-10,12,20H,4-6,11H2,1-3H3,(H,30,31). The van der Waals surface area contributed by atoms with Gasteiger partial charge in [-0.25, -0.2) is 4.79 Å². The van der Waals surface area contributed by atoms with E-state index in [1.54, 1.807) is 21.0 Å². The number of aromatic carboxylic acids is 1. The summed E-state index contributed by atoms with van der Waals surface area (Å²) in [4.78, 5) is 25.1. The molecule has 7 nitrogen and oxygen atoms in total. The molecule has 0 amide bonds. The van der Waals surface area contributed by atoms with Crippen molar-refractivity contribution >= 4 is 23.3 Å². The Balaban J connectivity index is 2.23. The highest BCUT2D eigenvalue weighted by atomic mass is 35.5. The second-order valence-electron chi connectivity index (χ2n) is 8.04. The molecule has 1 aromatic heterocycles. The number of hydrogen-bond acceptors (Lipinski definition) is 5. The van der Waals surface area contributed by atoms with E-state index in [-0.39, 0.29) is 40.2 Å². The number of carboxylic acid groups (broad SMARTS) is 1. The topological polar surface area (TPSA) is 81.0 Å². The minimum Gasteiger partial charge on any atom is -0.492 e. The van der Waals surface area contributed by atoms with Crippen LogP contribution in [0.3, 0.4) is 0 Å². The molecule has 2 aromatic rings. The predicted octanol–water partition coefficient (Wildman–Crippen LogP) is 4.82. The molecule has 1 aromatic carbocycles. The molecule has 1 aliphatic heterocycles. The van der Waals surface area contributed by atoms with Crippen molar-refractivity contribution in [1.29, 1.82) is 0 Å². The Morgan fingerprint density at radius 1 is 1.24 bits per heavy atom. The monoisotopic (exact) mass is 488 g/mol. The van der Waals surface area contributed by atoms with Crippen LogP contribution in [-0.2, 0) is 4.74 Å². The van der Waals surface area contributed by atoms with Crippen molar-refractivity contribution in [2.24, 2.45) is 5.92 Å². The zero-order valence-corrected chi connectivity index (χ0v) is 19.0. The first-order chi connectivity index (χ1) is 15.4. The van der Waals surface area contributed by atoms with Crippen LogP contribution >= 0.6 is 11.6 Å². The Bertz CT molecular complexity index is 1100. The molecule has 1 N–H and O–H groups in total. The van der Waals surface area contributed by atoms with E-state index >= 15 is 0 Å². The molecule has 180 valence electrons. The van der Waals surface area contributed by atoms with Gasteiger partial charge < -0.3 is 24.0 Å². The van der Waals surface area contributed by atoms with Gasteiger partial charge >= 0.3 is 12.1 Å². The summed E-state index contributed by atoms with van der Waals surface area (Å²) in [6, 6.07) is 4.00. The molecule has 0 spiro atoms. The van der Waals surface area contributed by atoms with Gasteiger partial charge in [-0.15, -0.1) is 0 Å². The molecule has 11 heteroatoms. The molecule has 0 saturated carbocycles. The van der Waals surface area contributed by atoms with Crippen molar-refractivity contribution in [1.82, 2.24) is 4.57 Å². The Morgan fingerprint density at radius 3 is 2.52 bits per heavy atom. The predicted molar refractivity (Wildman–Crippen MR) is 117 cm³/mol. The maximum Gasteiger partial charge on any atom is 0.405 e. The zero-order chi connectivity index (χ0) is 24.5. The molecule has 0 radical (unpaired) electrons. The first-order valence-electron chi connectivity index (χ1n) is 10.2. The Kier molecular flexibility index (Phi) is 7.28. The second-order valence-corrected chi connectivity index (χ2v) is 8.45. The summed E-state index contributed by atoms with van der Waals surface area (Å²) in [5.74, 6) is -1.62. The van der Waals surface area contributed by atoms with Crippen LogP contribution in [0.15, 0.2) is 29.2 Å². The number of hydrogen-bond donors (Lipinski definition) is 1. The van der Waals surface area contributed by atoms with Gasteiger partial charge in [-0.2, -0.15) is 13.2 Å². The summed E-state index contributed by atoms with van der Waals surface area (Å²) in [5.41, 5.74) is -0.518. The van der Waals surface area contributed by atoms with Crippen molar-refractivity contribution in [2.45, 2.75) is 32.6 Å². The van der Waals surface area contributed by atoms with Crippen molar-refractivity contribution in [3.8, 4) is 17.0 Å². The maximum absolute atomic E-state index is 13.6. The number of rotatable bonds is 8. The van der Waals surface area contributed by atoms with E-state index in [9.17, 15) is 27.9 Å². The third kappa shape index (κ3) is 5.27. The van der Waals surface area contributed by atoms with E-state index in [1.807, 2.05) is 0 Å². The quantitative estimate of drug-likeness (QED) is 0.537. The zero-order valence-electron chi connectivity index (χ0n) is 18.3. The van der Waals surface area contributed by atoms with Crippen LogP contribution in [0.4, 0.5) is 18.9 Å². The van der Waals surface area contributed by atoms with Crippen LogP contribution in [0.2, 0.25) is 5.02 Å². The number of methoxy groups -OCH3 is 1. The molecule has 1 unspecified atom stereocenters. The number of alkyl halides is 3. The number of carboxylic acids is 1. The highest BCUT2D eigenvalue weighted by Crippen LogP contribution is 2.47. The van der Waals surface area contributed by atoms with E-state index in [0.717, 1.165) is 17.2 Å². The van der Waals surface area contributed by atoms with Crippen LogP contribution in [0.5, 0.6) is 5.75 Å². The summed E-state index contributed by atoms with van der Waals surface area (Å²) in [6.45, 7) is 2.85. The molecule has 1 atom stereocenters. The fourth-order valence-electron chi connectivity index (χ4n) is 3.97. The lowest BCUT2D eigenvalue weighted by Crippen LogP contribution is -2.45. The molecule has 0 bridgehead atoms. The number of fused-ring (bicyclic) bond motifs is 3. The van der Waals surface area contributed by atoms with E-state index in [1.165, 1.54) is 16.7 Å². The normalized spacial score (nSPS) is 15.4. The third-order valence-corrected chi connectivity index (χ3v) is 5.54. The van der Waals surface area contributed by atoms with Crippen LogP contribution in [0.25, 0.3) is 11.3 Å². The minimum atomic E-state index is -4.55. The number of nitrogens with zero attached hydrogens (tertiary/aromatic N) is 2. The molecular formula is C22H24ClF3N2O5. The summed E-state index contributed by atoms with van der Waals surface area (Å²) < 4.78 is 52.9. The first-order valence-corrected chi connectivity index (χ1v) is 10.6. The van der Waals surface area contributed by atoms with Crippen molar-refractivity contribution in [3.05, 3.63) is 45.2 Å². The molecule has 33 heavy (non-hydrogen) atoms. The van der Waals surface area contributed by atoms with Gasteiger partial charge in [0.1, 0.15) is 24.0 Å². The van der Waals surface area contributed by atoms with Crippen molar-refractivity contribution in [2.75, 3.05) is 31.8 Å². The molecule has 2 heterocycles. The summed E-state index contributed by atoms with van der Waals surface area (Å²) in [5, 5.41) is 9.54. The number of benzene rings is 1. The number of carbonyl (C=O) groups is 1. The molecule has 3 rings (SSSR count). The highest BCUT2D eigenvalue weighted by Gasteiger charge is 2.40. The van der Waals surface area contributed by atoms with E-state index < -0.39 is 35.8 Å². The van der Waals surface area contributed by atoms with Gasteiger partial charge in [-0.3, -0.25) is 4.79 Å². The molecule has 0 aliphatic carbocycles. The summed E-state index contributed by atoms with van der Waals surface area (Å²) in [6.07, 6.45) is -3.80. The smallest absolute Gasteiger partial charge is 0.405 e. The molecular weight excluding hydrogens is 465 g/mol. The van der Waals surface area contributed by atoms with Gasteiger partial charge in [0.25, 0.3) is 0 Å². The Morgan fingerprint density at radius 2 is 1.94 bits per heavy atom. The molecule has 1 aliphatic rings. The lowest BCUT2D eigenvalue weighted by atomic mass is 9.97. The molecule has 0 fully saturated rings. The fraction of sp³-hybridized carbons (Fsp3) is 0.455. The average Bonchev–Trinajstić information content (AvgIpc) is 2.70. The van der Waals surface area contributed by atoms with Gasteiger partial charge in [-0.1, -0.05) is 25.4 Å². The fourth-order valence-corrected chi connectivity index (χ4v) is 4.19. The van der Waals surface area contributed by atoms with Gasteiger partial charge in [0.05, 0.1) is 23.0 Å². The van der Waals surface area contributed by atoms with Crippen LogP contribution in [-0.4, -0.2) is 48.7 Å². The van der Waals surface area contributed by atoms with Crippen molar-refractivity contribution < 1.29 is 32.5 Å². The maximum atomic E-state index is 13.6. The van der Waals surface area contributed by atoms with Crippen molar-refractivity contribution in [3.63, 3.8) is 0 Å². The van der Waals surface area contributed by atoms with Gasteiger partial charge in [-0.05, 0) is 12.0 Å². The van der Waals surface area contributed by atoms with Gasteiger partial charge in [0, 0.05) is 44.0 Å². The van der Waals surface area contributed by atoms with Gasteiger partial charge in [0.2, 0.25) is 0 Å². The first kappa shape index (κ1) is 24.9. The lowest BCUT2D eigenvalue weighted by molar-refractivity contribution is -0.122. The molecule has 0 saturated heterocycles. The van der Waals surface area contributed by atoms with Crippen LogP contribution in [0, 0.1) is 5.92 Å². The Hall–Kier alpha value is -2.72. The second kappa shape index (κ2) is 9.64.